The van der Waals surface area contributed by atoms with Crippen molar-refractivity contribution in [3.8, 4) is 23.0 Å². The van der Waals surface area contributed by atoms with Crippen molar-refractivity contribution in [1.82, 2.24) is 4.98 Å². The lowest BCUT2D eigenvalue weighted by atomic mass is 10.0. The number of aromatic nitrogens is 1. The topological polar surface area (TPSA) is 80.0 Å². The van der Waals surface area contributed by atoms with Crippen molar-refractivity contribution in [3.05, 3.63) is 71.2 Å². The maximum absolute atomic E-state index is 12.8. The molecule has 0 fully saturated rings. The molecule has 0 radical (unpaired) electrons. The molecule has 9 heteroatoms. The minimum absolute atomic E-state index is 0.0395. The van der Waals surface area contributed by atoms with Crippen LogP contribution in [0.2, 0.25) is 0 Å². The van der Waals surface area contributed by atoms with E-state index in [9.17, 15) is 18.0 Å². The van der Waals surface area contributed by atoms with E-state index in [4.69, 9.17) is 5.73 Å². The third-order valence-corrected chi connectivity index (χ3v) is 5.80. The summed E-state index contributed by atoms with van der Waals surface area (Å²) >= 11 is 1.53. The number of carbonyl (C=O) groups is 1. The molecule has 5 nitrogen and oxygen atoms in total. The molecule has 4 aromatic rings. The average molecular weight is 466 g/mol. The quantitative estimate of drug-likeness (QED) is 0.298. The molecule has 0 saturated heterocycles. The summed E-state index contributed by atoms with van der Waals surface area (Å²) in [5.41, 5.74) is 8.39. The molecule has 0 saturated carbocycles. The van der Waals surface area contributed by atoms with E-state index >= 15 is 0 Å². The van der Waals surface area contributed by atoms with Crippen molar-refractivity contribution in [3.63, 3.8) is 0 Å². The number of anilines is 3. The molecule has 0 aliphatic heterocycles. The Morgan fingerprint density at radius 1 is 1.09 bits per heavy atom. The van der Waals surface area contributed by atoms with Gasteiger partial charge >= 0.3 is 12.2 Å². The Balaban J connectivity index is 1.52. The van der Waals surface area contributed by atoms with Crippen molar-refractivity contribution in [2.45, 2.75) is 13.1 Å². The number of nitrogens with one attached hydrogen (secondary N) is 2. The van der Waals surface area contributed by atoms with Crippen LogP contribution in [0.5, 0.6) is 0 Å². The predicted octanol–water partition coefficient (Wildman–Crippen LogP) is 6.58. The number of amides is 2. The van der Waals surface area contributed by atoms with Crippen LogP contribution in [0.25, 0.3) is 21.2 Å². The Hall–Kier alpha value is -4.03. The molecular weight excluding hydrogens is 449 g/mol. The molecule has 4 rings (SSSR count). The van der Waals surface area contributed by atoms with Crippen LogP contribution >= 0.6 is 11.3 Å². The van der Waals surface area contributed by atoms with Crippen LogP contribution in [0, 0.1) is 11.8 Å². The van der Waals surface area contributed by atoms with Crippen molar-refractivity contribution in [1.29, 1.82) is 0 Å². The minimum Gasteiger partial charge on any atom is -0.383 e. The number of thiophene rings is 1. The van der Waals surface area contributed by atoms with E-state index in [-0.39, 0.29) is 5.69 Å². The lowest BCUT2D eigenvalue weighted by Gasteiger charge is -2.11. The maximum Gasteiger partial charge on any atom is 0.416 e. The fourth-order valence-corrected chi connectivity index (χ4v) is 4.36. The Bertz CT molecular complexity index is 1400. The summed E-state index contributed by atoms with van der Waals surface area (Å²) in [4.78, 5) is 16.5. The van der Waals surface area contributed by atoms with Gasteiger partial charge in [0, 0.05) is 28.5 Å². The van der Waals surface area contributed by atoms with Crippen LogP contribution in [0.15, 0.2) is 60.1 Å². The van der Waals surface area contributed by atoms with Gasteiger partial charge in [0.15, 0.2) is 0 Å². The van der Waals surface area contributed by atoms with Gasteiger partial charge in [0.1, 0.15) is 5.82 Å². The molecule has 4 N–H and O–H groups in total. The summed E-state index contributed by atoms with van der Waals surface area (Å²) in [5.74, 6) is 6.31. The maximum atomic E-state index is 12.8. The Labute approximate surface area is 191 Å². The zero-order valence-electron chi connectivity index (χ0n) is 17.2. The molecule has 166 valence electrons. The number of benzene rings is 2. The van der Waals surface area contributed by atoms with Crippen molar-refractivity contribution in [2.75, 3.05) is 16.4 Å². The van der Waals surface area contributed by atoms with Crippen LogP contribution in [-0.2, 0) is 6.18 Å². The highest BCUT2D eigenvalue weighted by molar-refractivity contribution is 7.18. The number of urea groups is 1. The highest BCUT2D eigenvalue weighted by atomic mass is 32.1. The second kappa shape index (κ2) is 8.84. The predicted molar refractivity (Wildman–Crippen MR) is 126 cm³/mol. The largest absolute Gasteiger partial charge is 0.416 e. The Morgan fingerprint density at radius 3 is 2.52 bits per heavy atom. The van der Waals surface area contributed by atoms with Crippen molar-refractivity contribution in [2.24, 2.45) is 0 Å². The number of hydrogen-bond donors (Lipinski definition) is 3. The summed E-state index contributed by atoms with van der Waals surface area (Å²) < 4.78 is 39.5. The molecule has 0 unspecified atom stereocenters. The molecule has 33 heavy (non-hydrogen) atoms. The first-order valence-corrected chi connectivity index (χ1v) is 10.6. The van der Waals surface area contributed by atoms with Gasteiger partial charge in [-0.1, -0.05) is 24.1 Å². The fraction of sp³-hybridized carbons (Fsp3) is 0.0833. The smallest absolute Gasteiger partial charge is 0.383 e. The number of pyridine rings is 1. The first-order chi connectivity index (χ1) is 15.8. The number of carbonyl (C=O) groups excluding carboxylic acids is 1. The number of nitrogens with two attached hydrogens (primary N) is 1. The first kappa shape index (κ1) is 22.2. The zero-order valence-corrected chi connectivity index (χ0v) is 18.1. The number of fused-ring (bicyclic) bond motifs is 1. The highest BCUT2D eigenvalue weighted by Gasteiger charge is 2.30. The van der Waals surface area contributed by atoms with Gasteiger partial charge in [0.05, 0.1) is 15.8 Å². The molecular formula is C24H17F3N4OS. The highest BCUT2D eigenvalue weighted by Crippen LogP contribution is 2.38. The van der Waals surface area contributed by atoms with E-state index < -0.39 is 17.8 Å². The van der Waals surface area contributed by atoms with Crippen molar-refractivity contribution >= 4 is 44.6 Å². The number of alkyl halides is 3. The van der Waals surface area contributed by atoms with Gasteiger partial charge < -0.3 is 16.4 Å². The number of rotatable bonds is 3. The SMILES string of the molecule is CC#Cc1cnc(N)c2c(-c3ccc(NC(=O)Nc4cccc(C(F)(F)F)c4)cc3)csc12. The molecule has 0 aliphatic carbocycles. The Kier molecular flexibility index (Phi) is 5.94. The van der Waals surface area contributed by atoms with Crippen LogP contribution in [0.1, 0.15) is 18.1 Å². The third-order valence-electron chi connectivity index (χ3n) is 4.79. The number of nitrogen functional groups attached to an aromatic ring is 1. The summed E-state index contributed by atoms with van der Waals surface area (Å²) in [7, 11) is 0. The Morgan fingerprint density at radius 2 is 1.82 bits per heavy atom. The van der Waals surface area contributed by atoms with Gasteiger partial charge in [-0.05, 0) is 48.2 Å². The molecule has 2 aromatic heterocycles. The lowest BCUT2D eigenvalue weighted by molar-refractivity contribution is -0.137. The normalized spacial score (nSPS) is 11.0. The molecule has 0 atom stereocenters. The van der Waals surface area contributed by atoms with E-state index in [0.717, 1.165) is 38.9 Å². The molecule has 0 bridgehead atoms. The first-order valence-electron chi connectivity index (χ1n) is 9.70. The third kappa shape index (κ3) is 4.76. The molecule has 2 aromatic carbocycles. The second-order valence-electron chi connectivity index (χ2n) is 7.02. The second-order valence-corrected chi connectivity index (χ2v) is 7.90. The van der Waals surface area contributed by atoms with Gasteiger partial charge in [0.25, 0.3) is 0 Å². The van der Waals surface area contributed by atoms with Gasteiger partial charge in [-0.3, -0.25) is 0 Å². The van der Waals surface area contributed by atoms with Gasteiger partial charge in [0.2, 0.25) is 0 Å². The lowest BCUT2D eigenvalue weighted by Crippen LogP contribution is -2.19. The van der Waals surface area contributed by atoms with E-state index in [1.54, 1.807) is 25.3 Å². The summed E-state index contributed by atoms with van der Waals surface area (Å²) in [6.45, 7) is 1.76. The number of halogens is 3. The monoisotopic (exact) mass is 466 g/mol. The number of nitrogens with zero attached hydrogens (tertiary/aromatic N) is 1. The molecule has 0 aliphatic rings. The number of hydrogen-bond acceptors (Lipinski definition) is 4. The van der Waals surface area contributed by atoms with E-state index in [1.165, 1.54) is 23.5 Å². The van der Waals surface area contributed by atoms with Gasteiger partial charge in [-0.15, -0.1) is 17.3 Å². The summed E-state index contributed by atoms with van der Waals surface area (Å²) in [6.07, 6.45) is -2.83. The van der Waals surface area contributed by atoms with Gasteiger partial charge in [-0.2, -0.15) is 13.2 Å². The van der Waals surface area contributed by atoms with Gasteiger partial charge in [-0.25, -0.2) is 9.78 Å². The fourth-order valence-electron chi connectivity index (χ4n) is 3.30. The van der Waals surface area contributed by atoms with Crippen LogP contribution in [0.4, 0.5) is 35.2 Å². The van der Waals surface area contributed by atoms with Crippen LogP contribution in [-0.4, -0.2) is 11.0 Å². The van der Waals surface area contributed by atoms with E-state index in [1.807, 2.05) is 17.5 Å². The minimum atomic E-state index is -4.49. The molecule has 0 spiro atoms. The van der Waals surface area contributed by atoms with E-state index in [0.29, 0.717) is 11.5 Å². The van der Waals surface area contributed by atoms with E-state index in [2.05, 4.69) is 27.5 Å². The molecule has 2 amide bonds. The average Bonchev–Trinajstić information content (AvgIpc) is 3.22. The molecule has 2 heterocycles. The zero-order chi connectivity index (χ0) is 23.6. The van der Waals surface area contributed by atoms with Crippen LogP contribution in [0.3, 0.4) is 0 Å². The summed E-state index contributed by atoms with van der Waals surface area (Å²) in [6, 6.07) is 10.8. The van der Waals surface area contributed by atoms with Crippen molar-refractivity contribution < 1.29 is 18.0 Å². The summed E-state index contributed by atoms with van der Waals surface area (Å²) in [5, 5.41) is 7.82. The van der Waals surface area contributed by atoms with Crippen LogP contribution < -0.4 is 16.4 Å². The standard InChI is InChI=1S/C24H17F3N4OS/c1-2-4-15-12-29-22(28)20-19(13-33-21(15)20)14-7-9-17(10-8-14)30-23(32)31-18-6-3-5-16(11-18)24(25,26)27/h3,5-13H,1H3,(H2,28,29)(H2,30,31,32).